The average molecular weight is 604 g/mol. The number of rotatable bonds is 10. The highest BCUT2D eigenvalue weighted by molar-refractivity contribution is 7.52. The van der Waals surface area contributed by atoms with E-state index < -0.39 is 55.2 Å². The highest BCUT2D eigenvalue weighted by Gasteiger charge is 2.56. The Bertz CT molecular complexity index is 1380. The zero-order valence-electron chi connectivity index (χ0n) is 21.1. The highest BCUT2D eigenvalue weighted by Crippen LogP contribution is 2.50. The number of para-hydroxylation sites is 1. The van der Waals surface area contributed by atoms with E-state index in [0.717, 1.165) is 0 Å². The van der Waals surface area contributed by atoms with Crippen molar-refractivity contribution in [3.8, 4) is 5.75 Å². The molecule has 0 amide bonds. The van der Waals surface area contributed by atoms with Crippen molar-refractivity contribution in [3.63, 3.8) is 0 Å². The summed E-state index contributed by atoms with van der Waals surface area (Å²) < 4.78 is 35.5. The van der Waals surface area contributed by atoms with Crippen LogP contribution >= 0.6 is 30.9 Å². The number of imidazole rings is 1. The molecule has 0 radical (unpaired) electrons. The first-order valence-electron chi connectivity index (χ1n) is 11.7. The van der Waals surface area contributed by atoms with Gasteiger partial charge in [0.2, 0.25) is 5.95 Å². The van der Waals surface area contributed by atoms with Crippen molar-refractivity contribution < 1.29 is 33.0 Å². The summed E-state index contributed by atoms with van der Waals surface area (Å²) in [4.78, 5) is 24.5. The monoisotopic (exact) mass is 603 g/mol. The molecule has 6 N–H and O–H groups in total. The summed E-state index contributed by atoms with van der Waals surface area (Å²) in [6, 6.07) is 7.10. The van der Waals surface area contributed by atoms with E-state index in [-0.39, 0.29) is 28.7 Å². The molecule has 1 fully saturated rings. The number of aromatic nitrogens is 4. The van der Waals surface area contributed by atoms with E-state index in [0.29, 0.717) is 0 Å². The number of ether oxygens (including phenoxy) is 2. The van der Waals surface area contributed by atoms with E-state index in [9.17, 15) is 14.5 Å². The van der Waals surface area contributed by atoms with Crippen LogP contribution in [-0.4, -0.2) is 65.9 Å². The molecule has 0 spiro atoms. The van der Waals surface area contributed by atoms with Crippen molar-refractivity contribution >= 4 is 59.8 Å². The number of aliphatic hydroxyl groups is 1. The summed E-state index contributed by atoms with van der Waals surface area (Å²) >= 11 is 13.0. The van der Waals surface area contributed by atoms with Crippen molar-refractivity contribution in [3.05, 3.63) is 36.7 Å². The van der Waals surface area contributed by atoms with Crippen LogP contribution in [0.3, 0.4) is 0 Å². The summed E-state index contributed by atoms with van der Waals surface area (Å²) in [5, 5.41) is 13.5. The Morgan fingerprint density at radius 2 is 1.95 bits per heavy atom. The minimum Gasteiger partial charge on any atom is -0.462 e. The minimum atomic E-state index is -4.25. The molecule has 39 heavy (non-hydrogen) atoms. The number of nitrogens with one attached hydrogen (secondary N) is 1. The Labute approximate surface area is 233 Å². The fourth-order valence-electron chi connectivity index (χ4n) is 3.74. The predicted molar refractivity (Wildman–Crippen MR) is 143 cm³/mol. The number of anilines is 2. The van der Waals surface area contributed by atoms with E-state index in [1.807, 2.05) is 0 Å². The zero-order valence-corrected chi connectivity index (χ0v) is 23.5. The van der Waals surface area contributed by atoms with Crippen LogP contribution in [0.4, 0.5) is 11.8 Å². The molecular formula is C22H28Cl2N7O7P. The SMILES string of the molecule is CC(C)OC(=O)[C@@H](C)NP(=O)(OC[C@H]1O[C@@H](n2cnc3c(N)nc(N)nc32)C(Cl)(Cl)[C@@H]1O)Oc1ccccc1. The lowest BCUT2D eigenvalue weighted by Gasteiger charge is -2.25. The first kappa shape index (κ1) is 29.3. The minimum absolute atomic E-state index is 0.0274. The molecule has 1 saturated heterocycles. The average Bonchev–Trinajstić information content (AvgIpc) is 3.36. The maximum absolute atomic E-state index is 13.7. The first-order chi connectivity index (χ1) is 18.3. The molecular weight excluding hydrogens is 576 g/mol. The molecule has 0 bridgehead atoms. The number of nitrogens with two attached hydrogens (primary N) is 2. The molecule has 0 saturated carbocycles. The van der Waals surface area contributed by atoms with Gasteiger partial charge in [-0.15, -0.1) is 0 Å². The van der Waals surface area contributed by atoms with Crippen molar-refractivity contribution in [1.29, 1.82) is 0 Å². The normalized spacial score (nSPS) is 23.0. The molecule has 3 aromatic rings. The third-order valence-corrected chi connectivity index (χ3v) is 8.00. The summed E-state index contributed by atoms with van der Waals surface area (Å²) in [5.74, 6) is -0.562. The lowest BCUT2D eigenvalue weighted by Crippen LogP contribution is -2.39. The number of carbonyl (C=O) groups is 1. The smallest absolute Gasteiger partial charge is 0.459 e. The van der Waals surface area contributed by atoms with Crippen molar-refractivity contribution in [2.24, 2.45) is 0 Å². The van der Waals surface area contributed by atoms with Gasteiger partial charge in [-0.05, 0) is 32.9 Å². The van der Waals surface area contributed by atoms with E-state index in [2.05, 4.69) is 20.0 Å². The number of nitrogens with zero attached hydrogens (tertiary/aromatic N) is 4. The van der Waals surface area contributed by atoms with Crippen LogP contribution in [-0.2, 0) is 23.4 Å². The van der Waals surface area contributed by atoms with Gasteiger partial charge in [-0.25, -0.2) is 9.55 Å². The van der Waals surface area contributed by atoms with Gasteiger partial charge < -0.3 is 30.6 Å². The van der Waals surface area contributed by atoms with Crippen LogP contribution in [0.15, 0.2) is 36.7 Å². The first-order valence-corrected chi connectivity index (χ1v) is 14.0. The number of benzene rings is 1. The zero-order chi connectivity index (χ0) is 28.5. The van der Waals surface area contributed by atoms with Gasteiger partial charge in [-0.1, -0.05) is 41.4 Å². The second-order valence-corrected chi connectivity index (χ2v) is 12.1. The van der Waals surface area contributed by atoms with Crippen molar-refractivity contribution in [1.82, 2.24) is 24.6 Å². The summed E-state index contributed by atoms with van der Waals surface area (Å²) in [7, 11) is -4.25. The summed E-state index contributed by atoms with van der Waals surface area (Å²) in [5.41, 5.74) is 12.0. The number of nitrogen functional groups attached to an aromatic ring is 2. The van der Waals surface area contributed by atoms with E-state index >= 15 is 0 Å². The second-order valence-electron chi connectivity index (χ2n) is 8.97. The molecule has 1 aliphatic heterocycles. The number of halogens is 2. The van der Waals surface area contributed by atoms with Gasteiger partial charge in [0.05, 0.1) is 19.0 Å². The largest absolute Gasteiger partial charge is 0.462 e. The number of hydrogen-bond acceptors (Lipinski definition) is 12. The maximum Gasteiger partial charge on any atom is 0.459 e. The third kappa shape index (κ3) is 6.38. The molecule has 17 heteroatoms. The topological polar surface area (TPSA) is 199 Å². The molecule has 1 aromatic carbocycles. The molecule has 212 valence electrons. The number of alkyl halides is 2. The van der Waals surface area contributed by atoms with Crippen LogP contribution in [0.5, 0.6) is 5.75 Å². The Morgan fingerprint density at radius 3 is 2.62 bits per heavy atom. The fourth-order valence-corrected chi connectivity index (χ4v) is 5.84. The van der Waals surface area contributed by atoms with Crippen LogP contribution in [0.25, 0.3) is 11.2 Å². The molecule has 2 aromatic heterocycles. The van der Waals surface area contributed by atoms with Crippen molar-refractivity contribution in [2.75, 3.05) is 18.1 Å². The van der Waals surface area contributed by atoms with Gasteiger partial charge in [0, 0.05) is 0 Å². The van der Waals surface area contributed by atoms with Gasteiger partial charge in [0.1, 0.15) is 29.5 Å². The Balaban J connectivity index is 1.55. The molecule has 0 aliphatic carbocycles. The van der Waals surface area contributed by atoms with Crippen LogP contribution in [0.2, 0.25) is 0 Å². The fraction of sp³-hybridized carbons (Fsp3) is 0.455. The van der Waals surface area contributed by atoms with Crippen LogP contribution < -0.4 is 21.1 Å². The van der Waals surface area contributed by atoms with Gasteiger partial charge in [0.25, 0.3) is 0 Å². The predicted octanol–water partition coefficient (Wildman–Crippen LogP) is 2.56. The maximum atomic E-state index is 13.7. The number of carbonyl (C=O) groups excluding carboxylic acids is 1. The lowest BCUT2D eigenvalue weighted by atomic mass is 10.2. The van der Waals surface area contributed by atoms with E-state index in [1.54, 1.807) is 44.2 Å². The molecule has 5 atom stereocenters. The summed E-state index contributed by atoms with van der Waals surface area (Å²) in [6.45, 7) is 4.30. The molecule has 3 heterocycles. The van der Waals surface area contributed by atoms with Gasteiger partial charge in [0.15, 0.2) is 22.0 Å². The third-order valence-electron chi connectivity index (χ3n) is 5.53. The molecule has 1 unspecified atom stereocenters. The number of hydrogen-bond donors (Lipinski definition) is 4. The van der Waals surface area contributed by atoms with E-state index in [4.69, 9.17) is 53.2 Å². The Morgan fingerprint density at radius 1 is 1.26 bits per heavy atom. The molecule has 4 rings (SSSR count). The lowest BCUT2D eigenvalue weighted by molar-refractivity contribution is -0.149. The van der Waals surface area contributed by atoms with Gasteiger partial charge >= 0.3 is 13.7 Å². The Hall–Kier alpha value is -2.71. The molecule has 14 nitrogen and oxygen atoms in total. The second kappa shape index (κ2) is 11.4. The van der Waals surface area contributed by atoms with Crippen LogP contribution in [0, 0.1) is 0 Å². The Kier molecular flexibility index (Phi) is 8.57. The van der Waals surface area contributed by atoms with Gasteiger partial charge in [-0.2, -0.15) is 15.1 Å². The van der Waals surface area contributed by atoms with Crippen molar-refractivity contribution in [2.45, 2.75) is 55.7 Å². The van der Waals surface area contributed by atoms with Crippen LogP contribution in [0.1, 0.15) is 27.0 Å². The quantitative estimate of drug-likeness (QED) is 0.150. The summed E-state index contributed by atoms with van der Waals surface area (Å²) in [6.07, 6.45) is -3.06. The standard InChI is InChI=1S/C22H28Cl2N7O7P/c1-11(2)36-19(33)12(3)30-39(34,38-13-7-5-4-6-8-13)35-9-14-16(32)22(23,24)20(37-14)31-10-27-15-17(25)28-21(26)29-18(15)31/h4-8,10-12,14,16,20,32H,9H2,1-3H3,(H,30,34)(H4,25,26,28,29)/t12-,14-,16-,20-,39?/m1/s1. The number of fused-ring (bicyclic) bond motifs is 1. The number of esters is 1. The van der Waals surface area contributed by atoms with E-state index in [1.165, 1.54) is 17.8 Å². The highest BCUT2D eigenvalue weighted by atomic mass is 35.5. The number of aliphatic hydroxyl groups excluding tert-OH is 1. The molecule has 1 aliphatic rings. The van der Waals surface area contributed by atoms with Gasteiger partial charge in [-0.3, -0.25) is 13.9 Å².